The van der Waals surface area contributed by atoms with Crippen molar-refractivity contribution in [2.75, 3.05) is 14.2 Å². The molecule has 0 radical (unpaired) electrons. The van der Waals surface area contributed by atoms with Gasteiger partial charge in [-0.25, -0.2) is 4.79 Å². The standard InChI is InChI=1S/C17H13IO5/c1-21-11-5-3-10(4-6-11)18-15-16(19)13-8-7-12(22-2)9-14(13)23-17(15)20/h3-9H,1-2H3. The smallest absolute Gasteiger partial charge is 0.390 e. The molecule has 0 atom stereocenters. The molecule has 3 rings (SSSR count). The predicted octanol–water partition coefficient (Wildman–Crippen LogP) is -0.988. The van der Waals surface area contributed by atoms with Crippen LogP contribution in [0.3, 0.4) is 0 Å². The van der Waals surface area contributed by atoms with Gasteiger partial charge in [-0.3, -0.25) is 0 Å². The van der Waals surface area contributed by atoms with Crippen LogP contribution in [0.1, 0.15) is 0 Å². The number of methoxy groups -OCH3 is 2. The summed E-state index contributed by atoms with van der Waals surface area (Å²) in [5.41, 5.74) is -0.318. The first-order chi connectivity index (χ1) is 11.1. The van der Waals surface area contributed by atoms with Crippen molar-refractivity contribution in [2.45, 2.75) is 0 Å². The van der Waals surface area contributed by atoms with Crippen LogP contribution in [0.2, 0.25) is 0 Å². The van der Waals surface area contributed by atoms with Crippen molar-refractivity contribution in [1.82, 2.24) is 0 Å². The second-order valence-electron chi connectivity index (χ2n) is 4.65. The SMILES string of the molecule is COc1ccc([I+]c2c([O-])c3ccc(OC)cc3oc2=O)cc1. The zero-order valence-corrected chi connectivity index (χ0v) is 14.6. The third-order valence-electron chi connectivity index (χ3n) is 3.27. The lowest BCUT2D eigenvalue weighted by molar-refractivity contribution is -0.606. The molecule has 0 saturated carbocycles. The molecular weight excluding hydrogens is 411 g/mol. The minimum atomic E-state index is -0.925. The highest BCUT2D eigenvalue weighted by molar-refractivity contribution is 5.83. The zero-order valence-electron chi connectivity index (χ0n) is 12.5. The highest BCUT2D eigenvalue weighted by Crippen LogP contribution is 2.24. The molecule has 0 unspecified atom stereocenters. The molecule has 0 fully saturated rings. The number of rotatable bonds is 4. The molecule has 0 aliphatic carbocycles. The van der Waals surface area contributed by atoms with Gasteiger partial charge in [0.15, 0.2) is 3.57 Å². The lowest BCUT2D eigenvalue weighted by Gasteiger charge is -2.09. The van der Waals surface area contributed by atoms with E-state index in [1.165, 1.54) is 7.11 Å². The minimum Gasteiger partial charge on any atom is -0.869 e. The van der Waals surface area contributed by atoms with Crippen LogP contribution in [0.5, 0.6) is 17.2 Å². The molecule has 118 valence electrons. The van der Waals surface area contributed by atoms with Gasteiger partial charge in [-0.1, -0.05) is 0 Å². The molecule has 0 bridgehead atoms. The molecule has 5 nitrogen and oxygen atoms in total. The van der Waals surface area contributed by atoms with Gasteiger partial charge in [0, 0.05) is 11.5 Å². The summed E-state index contributed by atoms with van der Waals surface area (Å²) >= 11 is -0.925. The van der Waals surface area contributed by atoms with Crippen molar-refractivity contribution < 1.29 is 40.2 Å². The van der Waals surface area contributed by atoms with Gasteiger partial charge in [-0.15, -0.1) is 0 Å². The average Bonchev–Trinajstić information content (AvgIpc) is 2.58. The summed E-state index contributed by atoms with van der Waals surface area (Å²) in [5.74, 6) is 1.01. The molecular formula is C17H13IO5. The summed E-state index contributed by atoms with van der Waals surface area (Å²) in [6.07, 6.45) is 0. The van der Waals surface area contributed by atoms with Gasteiger partial charge in [0.05, 0.1) is 14.2 Å². The molecule has 0 aliphatic rings. The van der Waals surface area contributed by atoms with E-state index < -0.39 is 26.8 Å². The Morgan fingerprint density at radius 3 is 2.30 bits per heavy atom. The third kappa shape index (κ3) is 3.12. The first-order valence-electron chi connectivity index (χ1n) is 6.73. The Balaban J connectivity index is 2.04. The summed E-state index contributed by atoms with van der Waals surface area (Å²) in [6, 6.07) is 12.2. The number of halogens is 1. The normalized spacial score (nSPS) is 10.7. The number of hydrogen-bond acceptors (Lipinski definition) is 5. The number of benzene rings is 2. The van der Waals surface area contributed by atoms with E-state index in [-0.39, 0.29) is 14.9 Å². The quantitative estimate of drug-likeness (QED) is 0.398. The number of ether oxygens (including phenoxy) is 2. The largest absolute Gasteiger partial charge is 0.869 e. The molecule has 0 N–H and O–H groups in total. The number of fused-ring (bicyclic) bond motifs is 1. The van der Waals surface area contributed by atoms with Crippen LogP contribution < -0.4 is 41.4 Å². The lowest BCUT2D eigenvalue weighted by Crippen LogP contribution is -3.62. The fraction of sp³-hybridized carbons (Fsp3) is 0.118. The van der Waals surface area contributed by atoms with E-state index in [0.717, 1.165) is 9.32 Å². The highest BCUT2D eigenvalue weighted by Gasteiger charge is 2.24. The molecule has 0 aliphatic heterocycles. The van der Waals surface area contributed by atoms with Crippen LogP contribution in [0, 0.1) is 7.14 Å². The van der Waals surface area contributed by atoms with Gasteiger partial charge in [0.1, 0.15) is 17.1 Å². The van der Waals surface area contributed by atoms with Gasteiger partial charge < -0.3 is 19.0 Å². The summed E-state index contributed by atoms with van der Waals surface area (Å²) in [5, 5.41) is 13.0. The zero-order chi connectivity index (χ0) is 16.4. The van der Waals surface area contributed by atoms with Crippen LogP contribution in [0.4, 0.5) is 0 Å². The average molecular weight is 424 g/mol. The maximum absolute atomic E-state index is 12.6. The molecule has 0 saturated heterocycles. The van der Waals surface area contributed by atoms with Crippen molar-refractivity contribution in [3.05, 3.63) is 60.0 Å². The Kier molecular flexibility index (Phi) is 4.42. The molecule has 1 aromatic heterocycles. The van der Waals surface area contributed by atoms with E-state index in [2.05, 4.69) is 0 Å². The van der Waals surface area contributed by atoms with Crippen molar-refractivity contribution in [2.24, 2.45) is 0 Å². The molecule has 6 heteroatoms. The Morgan fingerprint density at radius 2 is 1.65 bits per heavy atom. The van der Waals surface area contributed by atoms with E-state index in [4.69, 9.17) is 13.9 Å². The molecule has 3 aromatic rings. The van der Waals surface area contributed by atoms with Crippen LogP contribution in [0.25, 0.3) is 11.0 Å². The van der Waals surface area contributed by atoms with Gasteiger partial charge in [-0.05, 0) is 42.1 Å². The fourth-order valence-electron chi connectivity index (χ4n) is 2.08. The highest BCUT2D eigenvalue weighted by atomic mass is 127. The summed E-state index contributed by atoms with van der Waals surface area (Å²) in [6.45, 7) is 0. The van der Waals surface area contributed by atoms with Gasteiger partial charge >= 0.3 is 26.8 Å². The topological polar surface area (TPSA) is 71.7 Å². The Bertz CT molecular complexity index is 899. The van der Waals surface area contributed by atoms with Crippen molar-refractivity contribution in [3.8, 4) is 17.2 Å². The van der Waals surface area contributed by atoms with Crippen LogP contribution >= 0.6 is 0 Å². The molecule has 2 aromatic carbocycles. The maximum Gasteiger partial charge on any atom is 0.390 e. The van der Waals surface area contributed by atoms with E-state index in [1.54, 1.807) is 25.3 Å². The second-order valence-corrected chi connectivity index (χ2v) is 7.51. The number of hydrogen-bond donors (Lipinski definition) is 0. The first-order valence-corrected chi connectivity index (χ1v) is 8.89. The van der Waals surface area contributed by atoms with Crippen molar-refractivity contribution in [1.29, 1.82) is 0 Å². The first kappa shape index (κ1) is 15.7. The predicted molar refractivity (Wildman–Crippen MR) is 78.9 cm³/mol. The van der Waals surface area contributed by atoms with Gasteiger partial charge in [-0.2, -0.15) is 0 Å². The third-order valence-corrected chi connectivity index (χ3v) is 6.08. The summed E-state index contributed by atoms with van der Waals surface area (Å²) < 4.78 is 16.7. The molecule has 1 heterocycles. The maximum atomic E-state index is 12.6. The fourth-order valence-corrected chi connectivity index (χ4v) is 4.29. The Labute approximate surface area is 142 Å². The van der Waals surface area contributed by atoms with Crippen molar-refractivity contribution >= 4 is 11.0 Å². The summed E-state index contributed by atoms with van der Waals surface area (Å²) in [7, 11) is 3.10. The van der Waals surface area contributed by atoms with E-state index in [9.17, 15) is 9.90 Å². The molecule has 0 amide bonds. The molecule has 0 spiro atoms. The monoisotopic (exact) mass is 424 g/mol. The Morgan fingerprint density at radius 1 is 1.00 bits per heavy atom. The van der Waals surface area contributed by atoms with Crippen molar-refractivity contribution in [3.63, 3.8) is 0 Å². The van der Waals surface area contributed by atoms with Gasteiger partial charge in [0.25, 0.3) is 3.57 Å². The van der Waals surface area contributed by atoms with E-state index in [0.29, 0.717) is 11.1 Å². The minimum absolute atomic E-state index is 0.228. The Hall–Kier alpha value is -2.22. The van der Waals surface area contributed by atoms with E-state index >= 15 is 0 Å². The second kappa shape index (κ2) is 6.49. The summed E-state index contributed by atoms with van der Waals surface area (Å²) in [4.78, 5) is 12.2. The van der Waals surface area contributed by atoms with E-state index in [1.807, 2.05) is 24.3 Å². The van der Waals surface area contributed by atoms with Crippen LogP contribution in [-0.4, -0.2) is 14.2 Å². The van der Waals surface area contributed by atoms with Crippen LogP contribution in [0.15, 0.2) is 51.7 Å². The van der Waals surface area contributed by atoms with Crippen LogP contribution in [-0.2, 0) is 0 Å². The lowest BCUT2D eigenvalue weighted by atomic mass is 10.2. The molecule has 23 heavy (non-hydrogen) atoms. The van der Waals surface area contributed by atoms with Gasteiger partial charge in [0.2, 0.25) is 0 Å².